The van der Waals surface area contributed by atoms with E-state index in [0.29, 0.717) is 0 Å². The van der Waals surface area contributed by atoms with Crippen molar-refractivity contribution in [2.45, 2.75) is 122 Å². The van der Waals surface area contributed by atoms with Crippen LogP contribution in [0.2, 0.25) is 0 Å². The second kappa shape index (κ2) is 22.0. The Balaban J connectivity index is 3.10. The van der Waals surface area contributed by atoms with Gasteiger partial charge in [-0.2, -0.15) is 0 Å². The number of rotatable bonds is 20. The quantitative estimate of drug-likeness (QED) is 0.134. The van der Waals surface area contributed by atoms with Crippen molar-refractivity contribution in [2.24, 2.45) is 0 Å². The topological polar surface area (TPSA) is 37.3 Å². The van der Waals surface area contributed by atoms with Gasteiger partial charge in [-0.05, 0) is 38.5 Å². The van der Waals surface area contributed by atoms with Gasteiger partial charge in [0.1, 0.15) is 0 Å². The van der Waals surface area contributed by atoms with E-state index in [1.807, 2.05) is 0 Å². The van der Waals surface area contributed by atoms with E-state index in [1.165, 1.54) is 109 Å². The fourth-order valence-electron chi connectivity index (χ4n) is 3.22. The molecule has 26 heavy (non-hydrogen) atoms. The van der Waals surface area contributed by atoms with Crippen LogP contribution in [-0.4, -0.2) is 11.1 Å². The van der Waals surface area contributed by atoms with E-state index in [9.17, 15) is 4.79 Å². The van der Waals surface area contributed by atoms with Gasteiger partial charge in [0.05, 0.1) is 0 Å². The summed E-state index contributed by atoms with van der Waals surface area (Å²) < 4.78 is 0. The van der Waals surface area contributed by atoms with Crippen molar-refractivity contribution >= 4 is 5.97 Å². The molecule has 0 aliphatic heterocycles. The molecule has 0 unspecified atom stereocenters. The third-order valence-electron chi connectivity index (χ3n) is 4.89. The number of hydrogen-bond donors (Lipinski definition) is 1. The summed E-state index contributed by atoms with van der Waals surface area (Å²) in [5.41, 5.74) is 0. The van der Waals surface area contributed by atoms with Crippen molar-refractivity contribution in [1.82, 2.24) is 0 Å². The van der Waals surface area contributed by atoms with Crippen molar-refractivity contribution in [3.63, 3.8) is 0 Å². The van der Waals surface area contributed by atoms with Crippen LogP contribution in [0.4, 0.5) is 0 Å². The predicted octanol–water partition coefficient (Wildman–Crippen LogP) is 8.23. The minimum atomic E-state index is -0.835. The molecule has 152 valence electrons. The maximum Gasteiger partial charge on any atom is 0.327 e. The second-order valence-corrected chi connectivity index (χ2v) is 7.53. The minimum absolute atomic E-state index is 0.835. The van der Waals surface area contributed by atoms with E-state index >= 15 is 0 Å². The van der Waals surface area contributed by atoms with Crippen LogP contribution in [0.25, 0.3) is 0 Å². The van der Waals surface area contributed by atoms with E-state index < -0.39 is 5.97 Å². The van der Waals surface area contributed by atoms with E-state index in [-0.39, 0.29) is 0 Å². The van der Waals surface area contributed by atoms with E-state index in [4.69, 9.17) is 5.11 Å². The smallest absolute Gasteiger partial charge is 0.327 e. The van der Waals surface area contributed by atoms with Gasteiger partial charge in [0, 0.05) is 6.08 Å². The largest absolute Gasteiger partial charge is 0.478 e. The Labute approximate surface area is 163 Å². The molecular formula is C24H44O2. The molecule has 0 spiro atoms. The zero-order chi connectivity index (χ0) is 19.1. The highest BCUT2D eigenvalue weighted by atomic mass is 16.4. The number of aliphatic carboxylic acids is 1. The van der Waals surface area contributed by atoms with Crippen molar-refractivity contribution < 1.29 is 9.90 Å². The standard InChI is InChI=1S/C24H44O2/c1-2-3-4-5-6-7-8-9-10-11-12-13-14-15-16-17-18-19-20-21-22-23-24(25)26/h9-10,22-23H,2-8,11-21H2,1H3,(H,25,26). The summed E-state index contributed by atoms with van der Waals surface area (Å²) in [7, 11) is 0. The number of hydrogen-bond acceptors (Lipinski definition) is 1. The lowest BCUT2D eigenvalue weighted by Crippen LogP contribution is -1.85. The van der Waals surface area contributed by atoms with Crippen LogP contribution in [0.1, 0.15) is 122 Å². The molecule has 2 nitrogen and oxygen atoms in total. The summed E-state index contributed by atoms with van der Waals surface area (Å²) in [5, 5.41) is 8.48. The molecule has 0 aliphatic rings. The molecule has 0 aromatic carbocycles. The van der Waals surface area contributed by atoms with E-state index in [2.05, 4.69) is 19.1 Å². The Morgan fingerprint density at radius 2 is 0.923 bits per heavy atom. The molecule has 0 aromatic rings. The lowest BCUT2D eigenvalue weighted by atomic mass is 10.1. The Hall–Kier alpha value is -1.05. The molecule has 0 saturated carbocycles. The molecular weight excluding hydrogens is 320 g/mol. The van der Waals surface area contributed by atoms with Crippen molar-refractivity contribution in [3.05, 3.63) is 24.3 Å². The van der Waals surface area contributed by atoms with Crippen LogP contribution in [0, 0.1) is 0 Å². The van der Waals surface area contributed by atoms with Gasteiger partial charge < -0.3 is 5.11 Å². The Bertz CT molecular complexity index is 344. The van der Waals surface area contributed by atoms with Gasteiger partial charge in [-0.15, -0.1) is 0 Å². The number of carboxylic acid groups (broad SMARTS) is 1. The van der Waals surface area contributed by atoms with Gasteiger partial charge in [-0.25, -0.2) is 4.79 Å². The molecule has 0 amide bonds. The first-order chi connectivity index (χ1) is 12.8. The first-order valence-electron chi connectivity index (χ1n) is 11.3. The zero-order valence-electron chi connectivity index (χ0n) is 17.4. The summed E-state index contributed by atoms with van der Waals surface area (Å²) in [4.78, 5) is 10.3. The fourth-order valence-corrected chi connectivity index (χ4v) is 3.22. The van der Waals surface area contributed by atoms with Crippen molar-refractivity contribution in [2.75, 3.05) is 0 Å². The minimum Gasteiger partial charge on any atom is -0.478 e. The third-order valence-corrected chi connectivity index (χ3v) is 4.89. The maximum absolute atomic E-state index is 10.3. The number of allylic oxidation sites excluding steroid dienone is 3. The summed E-state index contributed by atoms with van der Waals surface area (Å²) in [6.45, 7) is 2.27. The highest BCUT2D eigenvalue weighted by Gasteiger charge is 1.93. The first-order valence-corrected chi connectivity index (χ1v) is 11.3. The molecule has 0 aliphatic carbocycles. The summed E-state index contributed by atoms with van der Waals surface area (Å²) in [6, 6.07) is 0. The van der Waals surface area contributed by atoms with Crippen LogP contribution >= 0.6 is 0 Å². The Morgan fingerprint density at radius 1 is 0.577 bits per heavy atom. The maximum atomic E-state index is 10.3. The molecule has 0 radical (unpaired) electrons. The third kappa shape index (κ3) is 22.9. The van der Waals surface area contributed by atoms with Crippen LogP contribution in [0.15, 0.2) is 24.3 Å². The monoisotopic (exact) mass is 364 g/mol. The van der Waals surface area contributed by atoms with E-state index in [0.717, 1.165) is 12.8 Å². The van der Waals surface area contributed by atoms with Crippen LogP contribution < -0.4 is 0 Å². The van der Waals surface area contributed by atoms with Gasteiger partial charge in [0.25, 0.3) is 0 Å². The second-order valence-electron chi connectivity index (χ2n) is 7.53. The Kier molecular flexibility index (Phi) is 21.1. The van der Waals surface area contributed by atoms with Gasteiger partial charge in [0.2, 0.25) is 0 Å². The predicted molar refractivity (Wildman–Crippen MR) is 115 cm³/mol. The molecule has 1 N–H and O–H groups in total. The molecule has 0 bridgehead atoms. The normalized spacial score (nSPS) is 11.7. The summed E-state index contributed by atoms with van der Waals surface area (Å²) >= 11 is 0. The zero-order valence-corrected chi connectivity index (χ0v) is 17.4. The van der Waals surface area contributed by atoms with Gasteiger partial charge in [0.15, 0.2) is 0 Å². The number of carboxylic acids is 1. The molecule has 0 saturated heterocycles. The molecule has 0 atom stereocenters. The average Bonchev–Trinajstić information content (AvgIpc) is 2.62. The van der Waals surface area contributed by atoms with Crippen molar-refractivity contribution in [3.8, 4) is 0 Å². The highest BCUT2D eigenvalue weighted by molar-refractivity contribution is 5.79. The average molecular weight is 365 g/mol. The first kappa shape index (κ1) is 24.9. The Morgan fingerprint density at radius 3 is 1.31 bits per heavy atom. The summed E-state index contributed by atoms with van der Waals surface area (Å²) in [5.74, 6) is -0.835. The van der Waals surface area contributed by atoms with Gasteiger partial charge >= 0.3 is 5.97 Å². The lowest BCUT2D eigenvalue weighted by Gasteiger charge is -2.01. The fraction of sp³-hybridized carbons (Fsp3) is 0.792. The van der Waals surface area contributed by atoms with Crippen LogP contribution in [0.5, 0.6) is 0 Å². The molecule has 0 heterocycles. The van der Waals surface area contributed by atoms with Crippen molar-refractivity contribution in [1.29, 1.82) is 0 Å². The van der Waals surface area contributed by atoms with Gasteiger partial charge in [-0.3, -0.25) is 0 Å². The summed E-state index contributed by atoms with van der Waals surface area (Å²) in [6.07, 6.45) is 31.4. The molecule has 2 heteroatoms. The SMILES string of the molecule is CCCCCCCCC=CCCCCCCCCCCCC=CC(=O)O. The lowest BCUT2D eigenvalue weighted by molar-refractivity contribution is -0.131. The molecule has 0 aromatic heterocycles. The highest BCUT2D eigenvalue weighted by Crippen LogP contribution is 2.12. The number of carbonyl (C=O) groups is 1. The van der Waals surface area contributed by atoms with Crippen LogP contribution in [0.3, 0.4) is 0 Å². The molecule has 0 fully saturated rings. The van der Waals surface area contributed by atoms with Gasteiger partial charge in [-0.1, -0.05) is 102 Å². The number of unbranched alkanes of at least 4 members (excludes halogenated alkanes) is 16. The van der Waals surface area contributed by atoms with E-state index in [1.54, 1.807) is 6.08 Å². The molecule has 0 rings (SSSR count). The van der Waals surface area contributed by atoms with Crippen LogP contribution in [-0.2, 0) is 4.79 Å².